The third-order valence-electron chi connectivity index (χ3n) is 3.27. The van der Waals surface area contributed by atoms with Gasteiger partial charge in [0.2, 0.25) is 5.91 Å². The fourth-order valence-electron chi connectivity index (χ4n) is 1.94. The molecule has 0 atom stereocenters. The van der Waals surface area contributed by atoms with Crippen molar-refractivity contribution in [2.45, 2.75) is 20.4 Å². The highest BCUT2D eigenvalue weighted by Crippen LogP contribution is 2.29. The highest BCUT2D eigenvalue weighted by Gasteiger charge is 2.15. The fourth-order valence-corrected chi connectivity index (χ4v) is 2.43. The molecule has 0 saturated carbocycles. The van der Waals surface area contributed by atoms with E-state index >= 15 is 0 Å². The second kappa shape index (κ2) is 6.82. The molecule has 1 aromatic heterocycles. The maximum atomic E-state index is 12.1. The van der Waals surface area contributed by atoms with Gasteiger partial charge >= 0.3 is 0 Å². The molecule has 0 aliphatic rings. The summed E-state index contributed by atoms with van der Waals surface area (Å²) in [5.41, 5.74) is 0.628. The molecule has 1 amide bonds. The zero-order chi connectivity index (χ0) is 17.1. The number of hydrogen-bond acceptors (Lipinski definition) is 4. The number of carbonyl (C=O) groups is 1. The number of nitriles is 1. The smallest absolute Gasteiger partial charge is 0.285 e. The van der Waals surface area contributed by atoms with Crippen LogP contribution in [0.3, 0.4) is 0 Å². The molecule has 2 aromatic rings. The van der Waals surface area contributed by atoms with Crippen molar-refractivity contribution >= 4 is 34.8 Å². The molecule has 118 valence electrons. The van der Waals surface area contributed by atoms with E-state index in [2.05, 4.69) is 10.4 Å². The molecular formula is C15H12Cl2N4O2. The predicted molar refractivity (Wildman–Crippen MR) is 87.8 cm³/mol. The number of hydrogen-bond donors (Lipinski definition) is 1. The van der Waals surface area contributed by atoms with Gasteiger partial charge < -0.3 is 5.32 Å². The van der Waals surface area contributed by atoms with E-state index in [9.17, 15) is 9.59 Å². The standard InChI is InChI=1S/C15H12Cl2N4O2/c1-8-9(2)20-21(15(23)10(8)6-18)7-13(22)19-14-11(16)4-3-5-12(14)17/h3-5H,7H2,1-2H3,(H,19,22). The van der Waals surface area contributed by atoms with Crippen LogP contribution in [0.5, 0.6) is 0 Å². The Morgan fingerprint density at radius 2 is 1.96 bits per heavy atom. The summed E-state index contributed by atoms with van der Waals surface area (Å²) in [6.07, 6.45) is 0. The van der Waals surface area contributed by atoms with Crippen molar-refractivity contribution in [2.24, 2.45) is 0 Å². The maximum Gasteiger partial charge on any atom is 0.285 e. The molecule has 0 aliphatic heterocycles. The molecule has 23 heavy (non-hydrogen) atoms. The van der Waals surface area contributed by atoms with Gasteiger partial charge in [-0.2, -0.15) is 10.4 Å². The van der Waals surface area contributed by atoms with Gasteiger partial charge in [-0.05, 0) is 31.5 Å². The minimum atomic E-state index is -0.615. The van der Waals surface area contributed by atoms with Crippen LogP contribution in [0.2, 0.25) is 10.0 Å². The Morgan fingerprint density at radius 3 is 2.52 bits per heavy atom. The number of rotatable bonds is 3. The summed E-state index contributed by atoms with van der Waals surface area (Å²) < 4.78 is 0.945. The Morgan fingerprint density at radius 1 is 1.35 bits per heavy atom. The second-order valence-electron chi connectivity index (χ2n) is 4.80. The minimum absolute atomic E-state index is 0.0268. The van der Waals surface area contributed by atoms with E-state index in [1.807, 2.05) is 6.07 Å². The molecule has 0 fully saturated rings. The van der Waals surface area contributed by atoms with Gasteiger partial charge in [0.15, 0.2) is 0 Å². The van der Waals surface area contributed by atoms with Crippen molar-refractivity contribution in [3.8, 4) is 6.07 Å². The van der Waals surface area contributed by atoms with Gasteiger partial charge in [0.1, 0.15) is 18.2 Å². The first-order valence-electron chi connectivity index (χ1n) is 6.57. The Balaban J connectivity index is 2.30. The van der Waals surface area contributed by atoms with E-state index in [0.29, 0.717) is 11.3 Å². The molecule has 1 heterocycles. The molecule has 2 rings (SSSR count). The summed E-state index contributed by atoms with van der Waals surface area (Å²) in [5, 5.41) is 16.2. The van der Waals surface area contributed by atoms with Crippen LogP contribution in [-0.4, -0.2) is 15.7 Å². The number of carbonyl (C=O) groups excluding carboxylic acids is 1. The number of benzene rings is 1. The first kappa shape index (κ1) is 17.0. The zero-order valence-corrected chi connectivity index (χ0v) is 13.9. The van der Waals surface area contributed by atoms with Gasteiger partial charge in [0.05, 0.1) is 21.4 Å². The van der Waals surface area contributed by atoms with E-state index in [4.69, 9.17) is 28.5 Å². The molecule has 0 bridgehead atoms. The van der Waals surface area contributed by atoms with Crippen LogP contribution in [0.15, 0.2) is 23.0 Å². The first-order chi connectivity index (χ1) is 10.8. The summed E-state index contributed by atoms with van der Waals surface area (Å²) in [4.78, 5) is 24.3. The lowest BCUT2D eigenvalue weighted by molar-refractivity contribution is -0.117. The van der Waals surface area contributed by atoms with Gasteiger partial charge in [0, 0.05) is 0 Å². The lowest BCUT2D eigenvalue weighted by Gasteiger charge is -2.11. The molecule has 1 aromatic carbocycles. The van der Waals surface area contributed by atoms with E-state index in [1.54, 1.807) is 32.0 Å². The summed E-state index contributed by atoms with van der Waals surface area (Å²) in [7, 11) is 0. The van der Waals surface area contributed by atoms with Crippen molar-refractivity contribution in [3.63, 3.8) is 0 Å². The van der Waals surface area contributed by atoms with Crippen LogP contribution in [-0.2, 0) is 11.3 Å². The predicted octanol–water partition coefficient (Wildman–Crippen LogP) is 2.68. The Hall–Kier alpha value is -2.36. The van der Waals surface area contributed by atoms with Crippen molar-refractivity contribution < 1.29 is 4.79 Å². The molecule has 0 spiro atoms. The lowest BCUT2D eigenvalue weighted by atomic mass is 10.1. The SMILES string of the molecule is Cc1nn(CC(=O)Nc2c(Cl)cccc2Cl)c(=O)c(C#N)c1C. The summed E-state index contributed by atoms with van der Waals surface area (Å²) in [6.45, 7) is 2.95. The Kier molecular flexibility index (Phi) is 5.04. The van der Waals surface area contributed by atoms with E-state index in [0.717, 1.165) is 4.68 Å². The van der Waals surface area contributed by atoms with Crippen molar-refractivity contribution in [1.29, 1.82) is 5.26 Å². The highest BCUT2D eigenvalue weighted by molar-refractivity contribution is 6.39. The second-order valence-corrected chi connectivity index (χ2v) is 5.62. The van der Waals surface area contributed by atoms with Crippen LogP contribution >= 0.6 is 23.2 Å². The largest absolute Gasteiger partial charge is 0.322 e. The van der Waals surface area contributed by atoms with E-state index in [1.165, 1.54) is 0 Å². The average Bonchev–Trinajstić information content (AvgIpc) is 2.49. The number of anilines is 1. The number of aryl methyl sites for hydroxylation is 1. The highest BCUT2D eigenvalue weighted by atomic mass is 35.5. The molecule has 0 saturated heterocycles. The first-order valence-corrected chi connectivity index (χ1v) is 7.33. The van der Waals surface area contributed by atoms with Crippen LogP contribution in [0.25, 0.3) is 0 Å². The van der Waals surface area contributed by atoms with Crippen LogP contribution in [0.1, 0.15) is 16.8 Å². The van der Waals surface area contributed by atoms with Gasteiger partial charge in [-0.15, -0.1) is 0 Å². The monoisotopic (exact) mass is 350 g/mol. The van der Waals surface area contributed by atoms with Gasteiger partial charge in [-0.25, -0.2) is 4.68 Å². The van der Waals surface area contributed by atoms with E-state index < -0.39 is 11.5 Å². The minimum Gasteiger partial charge on any atom is -0.322 e. The quantitative estimate of drug-likeness (QED) is 0.921. The normalized spacial score (nSPS) is 10.2. The molecule has 0 radical (unpaired) electrons. The lowest BCUT2D eigenvalue weighted by Crippen LogP contribution is -2.32. The fraction of sp³-hybridized carbons (Fsp3) is 0.200. The van der Waals surface area contributed by atoms with Crippen molar-refractivity contribution in [1.82, 2.24) is 9.78 Å². The zero-order valence-electron chi connectivity index (χ0n) is 12.4. The topological polar surface area (TPSA) is 87.8 Å². The van der Waals surface area contributed by atoms with Crippen LogP contribution < -0.4 is 10.9 Å². The van der Waals surface area contributed by atoms with Crippen LogP contribution in [0, 0.1) is 25.2 Å². The van der Waals surface area contributed by atoms with Gasteiger partial charge in [0.25, 0.3) is 5.56 Å². The number of nitrogens with one attached hydrogen (secondary N) is 1. The third kappa shape index (κ3) is 3.52. The molecule has 0 unspecified atom stereocenters. The number of para-hydroxylation sites is 1. The number of halogens is 2. The number of nitrogens with zero attached hydrogens (tertiary/aromatic N) is 3. The molecular weight excluding hydrogens is 339 g/mol. The Labute approximate surface area is 142 Å². The molecule has 1 N–H and O–H groups in total. The molecule has 6 nitrogen and oxygen atoms in total. The molecule has 8 heteroatoms. The van der Waals surface area contributed by atoms with Crippen molar-refractivity contribution in [3.05, 3.63) is 55.4 Å². The molecule has 0 aliphatic carbocycles. The summed E-state index contributed by atoms with van der Waals surface area (Å²) in [5.74, 6) is -0.526. The maximum absolute atomic E-state index is 12.1. The van der Waals surface area contributed by atoms with Gasteiger partial charge in [-0.1, -0.05) is 29.3 Å². The number of amides is 1. The average molecular weight is 351 g/mol. The number of aromatic nitrogens is 2. The van der Waals surface area contributed by atoms with E-state index in [-0.39, 0.29) is 27.8 Å². The van der Waals surface area contributed by atoms with Gasteiger partial charge in [-0.3, -0.25) is 9.59 Å². The summed E-state index contributed by atoms with van der Waals surface area (Å²) >= 11 is 12.0. The third-order valence-corrected chi connectivity index (χ3v) is 3.90. The van der Waals surface area contributed by atoms with Crippen LogP contribution in [0.4, 0.5) is 5.69 Å². The van der Waals surface area contributed by atoms with Crippen molar-refractivity contribution in [2.75, 3.05) is 5.32 Å². The Bertz CT molecular complexity index is 864. The summed E-state index contributed by atoms with van der Waals surface area (Å²) in [6, 6.07) is 6.65.